The number of benzene rings is 1. The normalized spacial score (nSPS) is 13.3. The lowest BCUT2D eigenvalue weighted by molar-refractivity contribution is 0.0945. The molecule has 0 atom stereocenters. The fourth-order valence-corrected chi connectivity index (χ4v) is 4.12. The highest BCUT2D eigenvalue weighted by molar-refractivity contribution is 7.12. The maximum atomic E-state index is 12.7. The highest BCUT2D eigenvalue weighted by Gasteiger charge is 2.26. The van der Waals surface area contributed by atoms with Crippen LogP contribution in [0.5, 0.6) is 0 Å². The largest absolute Gasteiger partial charge is 0.366 e. The number of nitrogens with two attached hydrogens (primary N) is 1. The first-order chi connectivity index (χ1) is 15.1. The number of amides is 2. The Morgan fingerprint density at radius 1 is 1.13 bits per heavy atom. The van der Waals surface area contributed by atoms with E-state index in [0.717, 1.165) is 29.5 Å². The predicted molar refractivity (Wildman–Crippen MR) is 119 cm³/mol. The third kappa shape index (κ3) is 4.13. The molecule has 0 saturated heterocycles. The van der Waals surface area contributed by atoms with Crippen molar-refractivity contribution < 1.29 is 9.59 Å². The molecule has 156 valence electrons. The molecule has 4 N–H and O–H groups in total. The Morgan fingerprint density at radius 2 is 1.94 bits per heavy atom. The van der Waals surface area contributed by atoms with Crippen LogP contribution in [-0.2, 0) is 6.54 Å². The van der Waals surface area contributed by atoms with Crippen LogP contribution in [0.2, 0.25) is 0 Å². The van der Waals surface area contributed by atoms with Crippen LogP contribution in [0.4, 0.5) is 5.95 Å². The van der Waals surface area contributed by atoms with E-state index in [9.17, 15) is 9.59 Å². The second-order valence-corrected chi connectivity index (χ2v) is 8.41. The second-order valence-electron chi connectivity index (χ2n) is 7.50. The summed E-state index contributed by atoms with van der Waals surface area (Å²) in [6, 6.07) is 13.6. The molecule has 2 amide bonds. The fourth-order valence-electron chi connectivity index (χ4n) is 3.29. The number of aromatic nitrogens is 3. The predicted octanol–water partition coefficient (Wildman–Crippen LogP) is 2.86. The van der Waals surface area contributed by atoms with Crippen molar-refractivity contribution in [2.45, 2.75) is 25.4 Å². The summed E-state index contributed by atoms with van der Waals surface area (Å²) in [5, 5.41) is 12.0. The Labute approximate surface area is 182 Å². The number of nitrogens with zero attached hydrogens (tertiary/aromatic N) is 3. The molecule has 8 nitrogen and oxygen atoms in total. The molecule has 3 heterocycles. The summed E-state index contributed by atoms with van der Waals surface area (Å²) in [7, 11) is 0. The molecule has 1 fully saturated rings. The van der Waals surface area contributed by atoms with Gasteiger partial charge in [0, 0.05) is 24.3 Å². The van der Waals surface area contributed by atoms with Gasteiger partial charge < -0.3 is 16.4 Å². The van der Waals surface area contributed by atoms with E-state index in [1.807, 2.05) is 41.8 Å². The molecule has 1 aliphatic carbocycles. The van der Waals surface area contributed by atoms with Crippen molar-refractivity contribution in [3.63, 3.8) is 0 Å². The molecular weight excluding hydrogens is 412 g/mol. The molecule has 0 aliphatic heterocycles. The molecule has 5 rings (SSSR count). The summed E-state index contributed by atoms with van der Waals surface area (Å²) < 4.78 is 1.51. The first-order valence-corrected chi connectivity index (χ1v) is 10.8. The summed E-state index contributed by atoms with van der Waals surface area (Å²) in [4.78, 5) is 30.1. The summed E-state index contributed by atoms with van der Waals surface area (Å²) in [5.74, 6) is -0.236. The molecule has 1 saturated carbocycles. The number of carbonyl (C=O) groups excluding carboxylic acids is 2. The number of hydrogen-bond donors (Lipinski definition) is 3. The molecule has 3 aromatic heterocycles. The van der Waals surface area contributed by atoms with Gasteiger partial charge in [0.15, 0.2) is 5.65 Å². The van der Waals surface area contributed by atoms with Gasteiger partial charge in [-0.05, 0) is 41.5 Å². The van der Waals surface area contributed by atoms with Crippen LogP contribution in [0.3, 0.4) is 0 Å². The van der Waals surface area contributed by atoms with Crippen molar-refractivity contribution in [2.75, 3.05) is 5.73 Å². The lowest BCUT2D eigenvalue weighted by Gasteiger charge is -2.07. The molecule has 1 aromatic carbocycles. The van der Waals surface area contributed by atoms with Crippen LogP contribution >= 0.6 is 11.3 Å². The third-order valence-corrected chi connectivity index (χ3v) is 5.99. The number of carbonyl (C=O) groups is 2. The van der Waals surface area contributed by atoms with Crippen LogP contribution in [0.15, 0.2) is 54.0 Å². The number of anilines is 1. The summed E-state index contributed by atoms with van der Waals surface area (Å²) in [6.07, 6.45) is 3.74. The Morgan fingerprint density at radius 3 is 2.71 bits per heavy atom. The number of pyridine rings is 1. The van der Waals surface area contributed by atoms with Gasteiger partial charge in [0.25, 0.3) is 11.8 Å². The molecule has 0 spiro atoms. The first kappa shape index (κ1) is 19.3. The highest BCUT2D eigenvalue weighted by atomic mass is 32.1. The maximum Gasteiger partial charge on any atom is 0.261 e. The minimum Gasteiger partial charge on any atom is -0.366 e. The van der Waals surface area contributed by atoms with E-state index in [4.69, 9.17) is 5.73 Å². The Balaban J connectivity index is 1.41. The number of hydrogen-bond acceptors (Lipinski definition) is 6. The maximum absolute atomic E-state index is 12.7. The molecule has 31 heavy (non-hydrogen) atoms. The lowest BCUT2D eigenvalue weighted by atomic mass is 10.1. The van der Waals surface area contributed by atoms with Gasteiger partial charge >= 0.3 is 0 Å². The Kier molecular flexibility index (Phi) is 4.87. The number of thiophene rings is 1. The van der Waals surface area contributed by atoms with E-state index in [1.54, 1.807) is 12.3 Å². The fraction of sp³-hybridized carbons (Fsp3) is 0.182. The number of rotatable bonds is 6. The van der Waals surface area contributed by atoms with Crippen LogP contribution in [0, 0.1) is 0 Å². The Hall–Kier alpha value is -3.72. The number of fused-ring (bicyclic) bond motifs is 1. The van der Waals surface area contributed by atoms with Gasteiger partial charge in [0.1, 0.15) is 0 Å². The van der Waals surface area contributed by atoms with Gasteiger partial charge in [-0.25, -0.2) is 4.52 Å². The van der Waals surface area contributed by atoms with Gasteiger partial charge in [-0.2, -0.15) is 4.98 Å². The third-order valence-electron chi connectivity index (χ3n) is 5.06. The lowest BCUT2D eigenvalue weighted by Crippen LogP contribution is -2.26. The molecule has 0 unspecified atom stereocenters. The molecule has 9 heteroatoms. The van der Waals surface area contributed by atoms with Crippen molar-refractivity contribution in [3.8, 4) is 11.1 Å². The van der Waals surface area contributed by atoms with Crippen molar-refractivity contribution in [3.05, 3.63) is 70.0 Å². The highest BCUT2D eigenvalue weighted by Crippen LogP contribution is 2.28. The van der Waals surface area contributed by atoms with E-state index in [2.05, 4.69) is 20.7 Å². The van der Waals surface area contributed by atoms with Gasteiger partial charge in [-0.3, -0.25) is 9.59 Å². The van der Waals surface area contributed by atoms with E-state index in [0.29, 0.717) is 22.6 Å². The zero-order chi connectivity index (χ0) is 21.4. The standard InChI is InChI=1S/C22H20N6O2S/c23-22-26-19-17(20(29)25-16-6-7-16)8-14(11-28(19)27-22)15-9-18(31-12-15)21(30)24-10-13-4-2-1-3-5-13/h1-5,8-9,11-12,16H,6-7,10H2,(H2,23,27)(H,24,30)(H,25,29). The van der Waals surface area contributed by atoms with Gasteiger partial charge in [0.2, 0.25) is 5.95 Å². The van der Waals surface area contributed by atoms with E-state index < -0.39 is 0 Å². The zero-order valence-electron chi connectivity index (χ0n) is 16.5. The van der Waals surface area contributed by atoms with Gasteiger partial charge in [0.05, 0.1) is 10.4 Å². The molecule has 4 aromatic rings. The van der Waals surface area contributed by atoms with Gasteiger partial charge in [-0.1, -0.05) is 30.3 Å². The first-order valence-electron chi connectivity index (χ1n) is 9.94. The van der Waals surface area contributed by atoms with Crippen molar-refractivity contribution in [2.24, 2.45) is 0 Å². The average Bonchev–Trinajstić information content (AvgIpc) is 3.30. The van der Waals surface area contributed by atoms with Crippen LogP contribution in [-0.4, -0.2) is 32.5 Å². The van der Waals surface area contributed by atoms with E-state index in [1.165, 1.54) is 15.9 Å². The molecular formula is C22H20N6O2S. The quantitative estimate of drug-likeness (QED) is 0.433. The van der Waals surface area contributed by atoms with Gasteiger partial charge in [-0.15, -0.1) is 16.4 Å². The number of nitrogen functional groups attached to an aromatic ring is 1. The van der Waals surface area contributed by atoms with E-state index in [-0.39, 0.29) is 23.8 Å². The Bertz CT molecular complexity index is 1280. The summed E-state index contributed by atoms with van der Waals surface area (Å²) in [6.45, 7) is 0.461. The minimum atomic E-state index is -0.196. The zero-order valence-corrected chi connectivity index (χ0v) is 17.4. The van der Waals surface area contributed by atoms with Crippen LogP contribution in [0.1, 0.15) is 38.4 Å². The monoisotopic (exact) mass is 432 g/mol. The molecule has 0 bridgehead atoms. The van der Waals surface area contributed by atoms with Crippen LogP contribution in [0.25, 0.3) is 16.8 Å². The summed E-state index contributed by atoms with van der Waals surface area (Å²) >= 11 is 1.35. The second kappa shape index (κ2) is 7.84. The minimum absolute atomic E-state index is 0.101. The van der Waals surface area contributed by atoms with Crippen molar-refractivity contribution in [1.29, 1.82) is 0 Å². The molecule has 1 aliphatic rings. The SMILES string of the molecule is Nc1nc2c(C(=O)NC3CC3)cc(-c3csc(C(=O)NCc4ccccc4)c3)cn2n1. The molecule has 0 radical (unpaired) electrons. The summed E-state index contributed by atoms with van der Waals surface area (Å²) in [5.41, 5.74) is 9.21. The van der Waals surface area contributed by atoms with E-state index >= 15 is 0 Å². The average molecular weight is 433 g/mol. The smallest absolute Gasteiger partial charge is 0.261 e. The van der Waals surface area contributed by atoms with Crippen molar-refractivity contribution >= 4 is 34.7 Å². The topological polar surface area (TPSA) is 114 Å². The van der Waals surface area contributed by atoms with Crippen molar-refractivity contribution in [1.82, 2.24) is 25.2 Å². The van der Waals surface area contributed by atoms with Crippen LogP contribution < -0.4 is 16.4 Å². The number of nitrogens with one attached hydrogen (secondary N) is 2.